The van der Waals surface area contributed by atoms with Crippen molar-refractivity contribution in [3.05, 3.63) is 29.0 Å². The van der Waals surface area contributed by atoms with Gasteiger partial charge in [-0.05, 0) is 18.1 Å². The Morgan fingerprint density at radius 2 is 2.30 bits per heavy atom. The molecule has 10 heavy (non-hydrogen) atoms. The van der Waals surface area contributed by atoms with Crippen LogP contribution in [0.4, 0.5) is 4.39 Å². The standard InChI is InChI=1S/C7H3ClFN/c8-7-3-1-2-6(10-7)4-5-9/h1-3H. The van der Waals surface area contributed by atoms with Gasteiger partial charge >= 0.3 is 0 Å². The highest BCUT2D eigenvalue weighted by Crippen LogP contribution is 2.03. The van der Waals surface area contributed by atoms with Crippen LogP contribution >= 0.6 is 11.6 Å². The molecule has 50 valence electrons. The number of hydrogen-bond acceptors (Lipinski definition) is 1. The summed E-state index contributed by atoms with van der Waals surface area (Å²) in [4.78, 5) is 3.71. The third-order valence-corrected chi connectivity index (χ3v) is 1.10. The van der Waals surface area contributed by atoms with Crippen molar-refractivity contribution in [1.82, 2.24) is 4.98 Å². The summed E-state index contributed by atoms with van der Waals surface area (Å²) in [6.07, 6.45) is 1.24. The van der Waals surface area contributed by atoms with Gasteiger partial charge in [0, 0.05) is 0 Å². The van der Waals surface area contributed by atoms with Crippen LogP contribution in [0.2, 0.25) is 5.15 Å². The molecule has 0 aliphatic heterocycles. The van der Waals surface area contributed by atoms with E-state index in [1.54, 1.807) is 18.2 Å². The Bertz CT molecular complexity index is 287. The van der Waals surface area contributed by atoms with Gasteiger partial charge in [0.2, 0.25) is 0 Å². The summed E-state index contributed by atoms with van der Waals surface area (Å²) in [5.41, 5.74) is 0.343. The molecule has 0 aromatic carbocycles. The van der Waals surface area contributed by atoms with Gasteiger partial charge in [-0.15, -0.1) is 4.39 Å². The molecule has 0 spiro atoms. The number of aromatic nitrogens is 1. The minimum atomic E-state index is 0.320. The lowest BCUT2D eigenvalue weighted by Crippen LogP contribution is -1.79. The minimum Gasteiger partial charge on any atom is -0.228 e. The molecule has 1 rings (SSSR count). The Morgan fingerprint density at radius 3 is 2.90 bits per heavy atom. The number of rotatable bonds is 0. The Balaban J connectivity index is 3.03. The van der Waals surface area contributed by atoms with Crippen molar-refractivity contribution in [2.45, 2.75) is 0 Å². The van der Waals surface area contributed by atoms with Gasteiger partial charge in [0.05, 0.1) is 0 Å². The molecule has 0 saturated heterocycles. The van der Waals surface area contributed by atoms with Crippen molar-refractivity contribution in [1.29, 1.82) is 0 Å². The first-order chi connectivity index (χ1) is 4.83. The van der Waals surface area contributed by atoms with E-state index in [2.05, 4.69) is 10.9 Å². The van der Waals surface area contributed by atoms with Gasteiger partial charge < -0.3 is 0 Å². The van der Waals surface area contributed by atoms with Crippen LogP contribution in [-0.4, -0.2) is 4.98 Å². The average Bonchev–Trinajstić information content (AvgIpc) is 1.88. The fourth-order valence-corrected chi connectivity index (χ4v) is 0.690. The monoisotopic (exact) mass is 155 g/mol. The molecular weight excluding hydrogens is 153 g/mol. The largest absolute Gasteiger partial charge is 0.228 e. The molecule has 1 aromatic rings. The Hall–Kier alpha value is -1.07. The lowest BCUT2D eigenvalue weighted by molar-refractivity contribution is 0.773. The van der Waals surface area contributed by atoms with Crippen molar-refractivity contribution in [2.75, 3.05) is 0 Å². The molecule has 0 fully saturated rings. The van der Waals surface area contributed by atoms with Crippen molar-refractivity contribution in [3.8, 4) is 12.1 Å². The first kappa shape index (κ1) is 7.04. The maximum Gasteiger partial charge on any atom is 0.130 e. The summed E-state index contributed by atoms with van der Waals surface area (Å²) in [6, 6.07) is 4.85. The summed E-state index contributed by atoms with van der Waals surface area (Å²) in [7, 11) is 0. The van der Waals surface area contributed by atoms with Crippen LogP contribution < -0.4 is 0 Å². The Labute approximate surface area is 62.8 Å². The molecule has 0 radical (unpaired) electrons. The number of pyridine rings is 1. The van der Waals surface area contributed by atoms with E-state index in [-0.39, 0.29) is 0 Å². The van der Waals surface area contributed by atoms with Crippen molar-refractivity contribution in [2.24, 2.45) is 0 Å². The van der Waals surface area contributed by atoms with Crippen LogP contribution in [0.1, 0.15) is 5.69 Å². The first-order valence-corrected chi connectivity index (χ1v) is 2.95. The van der Waals surface area contributed by atoms with Gasteiger partial charge in [-0.1, -0.05) is 17.7 Å². The van der Waals surface area contributed by atoms with Gasteiger partial charge in [0.1, 0.15) is 17.0 Å². The molecule has 1 nitrogen and oxygen atoms in total. The molecule has 3 heteroatoms. The zero-order chi connectivity index (χ0) is 7.40. The first-order valence-electron chi connectivity index (χ1n) is 2.57. The molecular formula is C7H3ClFN. The van der Waals surface area contributed by atoms with Crippen LogP contribution in [0.3, 0.4) is 0 Å². The zero-order valence-corrected chi connectivity index (χ0v) is 5.69. The molecule has 0 aliphatic rings. The highest BCUT2D eigenvalue weighted by Gasteiger charge is 1.88. The molecule has 1 aromatic heterocycles. The fraction of sp³-hybridized carbons (Fsp3) is 0. The average molecular weight is 156 g/mol. The van der Waals surface area contributed by atoms with Crippen molar-refractivity contribution < 1.29 is 4.39 Å². The van der Waals surface area contributed by atoms with Crippen LogP contribution in [0, 0.1) is 12.1 Å². The molecule has 0 N–H and O–H groups in total. The molecule has 0 amide bonds. The van der Waals surface area contributed by atoms with Gasteiger partial charge in [0.25, 0.3) is 0 Å². The SMILES string of the molecule is FC#Cc1cccc(Cl)n1. The quantitative estimate of drug-likeness (QED) is 0.413. The van der Waals surface area contributed by atoms with Crippen LogP contribution in [0.25, 0.3) is 0 Å². The zero-order valence-electron chi connectivity index (χ0n) is 4.94. The second kappa shape index (κ2) is 3.19. The lowest BCUT2D eigenvalue weighted by atomic mass is 10.4. The normalized spacial score (nSPS) is 8.20. The lowest BCUT2D eigenvalue weighted by Gasteiger charge is -1.87. The van der Waals surface area contributed by atoms with E-state index in [0.29, 0.717) is 10.8 Å². The van der Waals surface area contributed by atoms with E-state index in [1.165, 1.54) is 6.17 Å². The van der Waals surface area contributed by atoms with Gasteiger partial charge in [-0.3, -0.25) is 0 Å². The third kappa shape index (κ3) is 1.71. The predicted octanol–water partition coefficient (Wildman–Crippen LogP) is 2.01. The van der Waals surface area contributed by atoms with Crippen molar-refractivity contribution >= 4 is 11.6 Å². The van der Waals surface area contributed by atoms with E-state index in [1.807, 2.05) is 0 Å². The summed E-state index contributed by atoms with van der Waals surface area (Å²) in [5.74, 6) is 2.14. The summed E-state index contributed by atoms with van der Waals surface area (Å²) >= 11 is 5.48. The predicted molar refractivity (Wildman–Crippen MR) is 37.2 cm³/mol. The molecule has 0 aliphatic carbocycles. The van der Waals surface area contributed by atoms with Crippen LogP contribution in [0.15, 0.2) is 18.2 Å². The molecule has 1 heterocycles. The van der Waals surface area contributed by atoms with Crippen molar-refractivity contribution in [3.63, 3.8) is 0 Å². The van der Waals surface area contributed by atoms with Gasteiger partial charge in [-0.2, -0.15) is 0 Å². The topological polar surface area (TPSA) is 12.9 Å². The summed E-state index contributed by atoms with van der Waals surface area (Å²) in [5, 5.41) is 0.320. The van der Waals surface area contributed by atoms with E-state index in [0.717, 1.165) is 0 Å². The third-order valence-electron chi connectivity index (χ3n) is 0.890. The van der Waals surface area contributed by atoms with E-state index < -0.39 is 0 Å². The maximum absolute atomic E-state index is 11.4. The minimum absolute atomic E-state index is 0.320. The van der Waals surface area contributed by atoms with Crippen LogP contribution in [-0.2, 0) is 0 Å². The molecule has 0 unspecified atom stereocenters. The highest BCUT2D eigenvalue weighted by atomic mass is 35.5. The smallest absolute Gasteiger partial charge is 0.130 e. The summed E-state index contributed by atoms with van der Waals surface area (Å²) in [6.45, 7) is 0. The molecule has 0 atom stereocenters. The highest BCUT2D eigenvalue weighted by molar-refractivity contribution is 6.29. The summed E-state index contributed by atoms with van der Waals surface area (Å²) < 4.78 is 11.4. The van der Waals surface area contributed by atoms with E-state index >= 15 is 0 Å². The maximum atomic E-state index is 11.4. The van der Waals surface area contributed by atoms with Gasteiger partial charge in [0.15, 0.2) is 0 Å². The van der Waals surface area contributed by atoms with Crippen LogP contribution in [0.5, 0.6) is 0 Å². The number of nitrogens with zero attached hydrogens (tertiary/aromatic N) is 1. The second-order valence-corrected chi connectivity index (χ2v) is 1.95. The Morgan fingerprint density at radius 1 is 1.50 bits per heavy atom. The second-order valence-electron chi connectivity index (χ2n) is 1.57. The molecule has 0 bridgehead atoms. The number of halogens is 2. The van der Waals surface area contributed by atoms with E-state index in [9.17, 15) is 4.39 Å². The Kier molecular flexibility index (Phi) is 2.24. The molecule has 0 saturated carbocycles. The number of hydrogen-bond donors (Lipinski definition) is 0. The fourth-order valence-electron chi connectivity index (χ4n) is 0.526. The van der Waals surface area contributed by atoms with E-state index in [4.69, 9.17) is 11.6 Å². The van der Waals surface area contributed by atoms with Gasteiger partial charge in [-0.25, -0.2) is 4.98 Å².